The van der Waals surface area contributed by atoms with Crippen molar-refractivity contribution >= 4 is 17.1 Å². The van der Waals surface area contributed by atoms with Crippen LogP contribution in [-0.2, 0) is 0 Å². The number of oxazole rings is 1. The van der Waals surface area contributed by atoms with Crippen LogP contribution in [0.5, 0.6) is 5.75 Å². The molecule has 106 valence electrons. The Morgan fingerprint density at radius 3 is 2.81 bits per heavy atom. The van der Waals surface area contributed by atoms with E-state index in [2.05, 4.69) is 4.98 Å². The predicted octanol–water partition coefficient (Wildman–Crippen LogP) is 3.59. The van der Waals surface area contributed by atoms with E-state index in [4.69, 9.17) is 9.15 Å². The summed E-state index contributed by atoms with van der Waals surface area (Å²) in [4.78, 5) is 15.6. The fourth-order valence-corrected chi connectivity index (χ4v) is 2.16. The first-order valence-electron chi connectivity index (χ1n) is 6.55. The highest BCUT2D eigenvalue weighted by Crippen LogP contribution is 2.32. The van der Waals surface area contributed by atoms with Gasteiger partial charge in [0.2, 0.25) is 5.89 Å². The fourth-order valence-electron chi connectivity index (χ4n) is 2.16. The van der Waals surface area contributed by atoms with Crippen LogP contribution in [0.25, 0.3) is 22.6 Å². The molecule has 0 radical (unpaired) electrons. The van der Waals surface area contributed by atoms with E-state index < -0.39 is 5.97 Å². The van der Waals surface area contributed by atoms with Gasteiger partial charge in [-0.1, -0.05) is 18.2 Å². The molecule has 3 rings (SSSR count). The molecule has 0 aliphatic carbocycles. The first-order chi connectivity index (χ1) is 10.2. The van der Waals surface area contributed by atoms with Gasteiger partial charge in [-0.2, -0.15) is 0 Å². The predicted molar refractivity (Wildman–Crippen MR) is 77.6 cm³/mol. The van der Waals surface area contributed by atoms with Gasteiger partial charge in [0.1, 0.15) is 16.8 Å². The number of nitrogens with zero attached hydrogens (tertiary/aromatic N) is 1. The number of aromatic carboxylic acids is 1. The molecule has 1 aromatic heterocycles. The first-order valence-corrected chi connectivity index (χ1v) is 6.55. The Kier molecular flexibility index (Phi) is 3.31. The number of fused-ring (bicyclic) bond motifs is 1. The van der Waals surface area contributed by atoms with E-state index in [0.29, 0.717) is 29.3 Å². The third-order valence-corrected chi connectivity index (χ3v) is 3.06. The maximum Gasteiger partial charge on any atom is 0.339 e. The molecule has 0 aliphatic heterocycles. The lowest BCUT2D eigenvalue weighted by atomic mass is 10.2. The van der Waals surface area contributed by atoms with Crippen LogP contribution in [0, 0.1) is 0 Å². The van der Waals surface area contributed by atoms with Gasteiger partial charge < -0.3 is 14.3 Å². The van der Waals surface area contributed by atoms with Crippen LogP contribution in [0.2, 0.25) is 0 Å². The van der Waals surface area contributed by atoms with Gasteiger partial charge in [0.15, 0.2) is 5.58 Å². The smallest absolute Gasteiger partial charge is 0.339 e. The van der Waals surface area contributed by atoms with Gasteiger partial charge >= 0.3 is 5.97 Å². The number of para-hydroxylation sites is 2. The number of benzene rings is 2. The van der Waals surface area contributed by atoms with Crippen LogP contribution in [0.1, 0.15) is 17.3 Å². The lowest BCUT2D eigenvalue weighted by Gasteiger charge is -2.06. The highest BCUT2D eigenvalue weighted by atomic mass is 16.5. The quantitative estimate of drug-likeness (QED) is 0.792. The third-order valence-electron chi connectivity index (χ3n) is 3.06. The maximum atomic E-state index is 11.2. The molecule has 0 aliphatic rings. The van der Waals surface area contributed by atoms with Gasteiger partial charge in [0.25, 0.3) is 0 Å². The Morgan fingerprint density at radius 2 is 2.05 bits per heavy atom. The van der Waals surface area contributed by atoms with Gasteiger partial charge in [-0.3, -0.25) is 0 Å². The van der Waals surface area contributed by atoms with Crippen LogP contribution in [0.3, 0.4) is 0 Å². The molecule has 5 nitrogen and oxygen atoms in total. The Bertz CT molecular complexity index is 807. The molecule has 0 bridgehead atoms. The van der Waals surface area contributed by atoms with Crippen LogP contribution < -0.4 is 4.74 Å². The molecule has 1 heterocycles. The SMILES string of the molecule is CCOc1ccccc1-c1nc2cccc(C(=O)O)c2o1. The normalized spacial score (nSPS) is 10.7. The van der Waals surface area contributed by atoms with E-state index in [0.717, 1.165) is 0 Å². The minimum absolute atomic E-state index is 0.0974. The molecule has 0 atom stereocenters. The molecule has 0 unspecified atom stereocenters. The summed E-state index contributed by atoms with van der Waals surface area (Å²) in [7, 11) is 0. The largest absolute Gasteiger partial charge is 0.493 e. The van der Waals surface area contributed by atoms with Crippen molar-refractivity contribution in [1.82, 2.24) is 4.98 Å². The first kappa shape index (κ1) is 13.2. The van der Waals surface area contributed by atoms with Crippen molar-refractivity contribution in [2.75, 3.05) is 6.61 Å². The Balaban J connectivity index is 2.18. The number of hydrogen-bond acceptors (Lipinski definition) is 4. The van der Waals surface area contributed by atoms with E-state index in [1.54, 1.807) is 12.1 Å². The van der Waals surface area contributed by atoms with Crippen LogP contribution in [0.4, 0.5) is 0 Å². The second kappa shape index (κ2) is 5.28. The molecule has 1 N–H and O–H groups in total. The zero-order valence-electron chi connectivity index (χ0n) is 11.4. The molecule has 0 saturated carbocycles. The van der Waals surface area contributed by atoms with Crippen molar-refractivity contribution in [3.8, 4) is 17.2 Å². The van der Waals surface area contributed by atoms with Crippen LogP contribution in [0.15, 0.2) is 46.9 Å². The van der Waals surface area contributed by atoms with Crippen molar-refractivity contribution in [2.45, 2.75) is 6.92 Å². The molecular formula is C16H13NO4. The average molecular weight is 283 g/mol. The zero-order chi connectivity index (χ0) is 14.8. The summed E-state index contributed by atoms with van der Waals surface area (Å²) < 4.78 is 11.2. The molecule has 0 saturated heterocycles. The van der Waals surface area contributed by atoms with E-state index >= 15 is 0 Å². The summed E-state index contributed by atoms with van der Waals surface area (Å²) in [5.41, 5.74) is 1.58. The fraction of sp³-hybridized carbons (Fsp3) is 0.125. The second-order valence-electron chi connectivity index (χ2n) is 4.41. The molecule has 5 heteroatoms. The number of hydrogen-bond donors (Lipinski definition) is 1. The summed E-state index contributed by atoms with van der Waals surface area (Å²) >= 11 is 0. The molecule has 0 amide bonds. The second-order valence-corrected chi connectivity index (χ2v) is 4.41. The van der Waals surface area contributed by atoms with E-state index in [1.807, 2.05) is 31.2 Å². The average Bonchev–Trinajstić information content (AvgIpc) is 2.91. The van der Waals surface area contributed by atoms with Crippen LogP contribution in [-0.4, -0.2) is 22.7 Å². The zero-order valence-corrected chi connectivity index (χ0v) is 11.4. The molecular weight excluding hydrogens is 270 g/mol. The van der Waals surface area contributed by atoms with E-state index in [9.17, 15) is 9.90 Å². The minimum Gasteiger partial charge on any atom is -0.493 e. The van der Waals surface area contributed by atoms with E-state index in [1.165, 1.54) is 6.07 Å². The third kappa shape index (κ3) is 2.33. The van der Waals surface area contributed by atoms with Crippen molar-refractivity contribution in [3.63, 3.8) is 0 Å². The van der Waals surface area contributed by atoms with Crippen LogP contribution >= 0.6 is 0 Å². The molecule has 0 fully saturated rings. The van der Waals surface area contributed by atoms with Gasteiger partial charge in [-0.05, 0) is 31.2 Å². The van der Waals surface area contributed by atoms with E-state index in [-0.39, 0.29) is 11.1 Å². The number of aromatic nitrogens is 1. The summed E-state index contributed by atoms with van der Waals surface area (Å²) in [6.07, 6.45) is 0. The van der Waals surface area contributed by atoms with Gasteiger partial charge in [-0.25, -0.2) is 9.78 Å². The Morgan fingerprint density at radius 1 is 1.24 bits per heavy atom. The molecule has 0 spiro atoms. The van der Waals surface area contributed by atoms with Gasteiger partial charge in [0, 0.05) is 0 Å². The highest BCUT2D eigenvalue weighted by molar-refractivity contribution is 6.00. The summed E-state index contributed by atoms with van der Waals surface area (Å²) in [6, 6.07) is 12.2. The summed E-state index contributed by atoms with van der Waals surface area (Å²) in [5, 5.41) is 9.19. The van der Waals surface area contributed by atoms with Crippen molar-refractivity contribution < 1.29 is 19.1 Å². The van der Waals surface area contributed by atoms with Gasteiger partial charge in [0.05, 0.1) is 12.2 Å². The monoisotopic (exact) mass is 283 g/mol. The maximum absolute atomic E-state index is 11.2. The number of carbonyl (C=O) groups is 1. The lowest BCUT2D eigenvalue weighted by molar-refractivity contribution is 0.0698. The van der Waals surface area contributed by atoms with Crippen molar-refractivity contribution in [2.24, 2.45) is 0 Å². The van der Waals surface area contributed by atoms with Crippen molar-refractivity contribution in [1.29, 1.82) is 0 Å². The molecule has 3 aromatic rings. The minimum atomic E-state index is -1.04. The standard InChI is InChI=1S/C16H13NO4/c1-2-20-13-9-4-3-6-10(13)15-17-12-8-5-7-11(16(18)19)14(12)21-15/h3-9H,2H2,1H3,(H,18,19). The molecule has 21 heavy (non-hydrogen) atoms. The Labute approximate surface area is 120 Å². The van der Waals surface area contributed by atoms with Gasteiger partial charge in [-0.15, -0.1) is 0 Å². The molecule has 2 aromatic carbocycles. The number of ether oxygens (including phenoxy) is 1. The Hall–Kier alpha value is -2.82. The highest BCUT2D eigenvalue weighted by Gasteiger charge is 2.17. The number of carboxylic acids is 1. The number of rotatable bonds is 4. The summed E-state index contributed by atoms with van der Waals surface area (Å²) in [5.74, 6) is -0.0347. The number of carboxylic acid groups (broad SMARTS) is 1. The van der Waals surface area contributed by atoms with Crippen molar-refractivity contribution in [3.05, 3.63) is 48.0 Å². The topological polar surface area (TPSA) is 72.6 Å². The lowest BCUT2D eigenvalue weighted by Crippen LogP contribution is -1.95. The summed E-state index contributed by atoms with van der Waals surface area (Å²) in [6.45, 7) is 2.42.